The molecule has 0 heterocycles. The SMILES string of the molecule is Cc1cccc(C)c1P(c1ccc(O)cc1)c1c(C)cccc1C.c1ccc(-c2ccccc2)cc1. The molecule has 0 radical (unpaired) electrons. The van der Waals surface area contributed by atoms with E-state index in [1.165, 1.54) is 49.3 Å². The van der Waals surface area contributed by atoms with Crippen molar-refractivity contribution in [3.63, 3.8) is 0 Å². The Bertz CT molecular complexity index is 1280. The molecule has 0 aliphatic carbocycles. The molecular weight excluding hydrogens is 455 g/mol. The summed E-state index contributed by atoms with van der Waals surface area (Å²) in [6, 6.07) is 41.6. The first-order valence-corrected chi connectivity index (χ1v) is 13.6. The van der Waals surface area contributed by atoms with Crippen LogP contribution in [0.3, 0.4) is 0 Å². The van der Waals surface area contributed by atoms with Crippen molar-refractivity contribution in [2.75, 3.05) is 0 Å². The Labute approximate surface area is 216 Å². The smallest absolute Gasteiger partial charge is 0.115 e. The molecule has 0 bridgehead atoms. The third-order valence-electron chi connectivity index (χ3n) is 6.32. The average Bonchev–Trinajstić information content (AvgIpc) is 2.89. The number of aryl methyl sites for hydroxylation is 4. The predicted octanol–water partition coefficient (Wildman–Crippen LogP) is 7.74. The molecule has 0 aromatic heterocycles. The van der Waals surface area contributed by atoms with E-state index in [1.54, 1.807) is 12.1 Å². The number of benzene rings is 5. The van der Waals surface area contributed by atoms with Gasteiger partial charge in [-0.1, -0.05) is 109 Å². The van der Waals surface area contributed by atoms with Gasteiger partial charge in [-0.3, -0.25) is 0 Å². The number of phenols is 1. The van der Waals surface area contributed by atoms with Crippen molar-refractivity contribution >= 4 is 23.8 Å². The predicted molar refractivity (Wildman–Crippen MR) is 158 cm³/mol. The summed E-state index contributed by atoms with van der Waals surface area (Å²) in [5.41, 5.74) is 7.87. The molecule has 0 atom stereocenters. The Kier molecular flexibility index (Phi) is 8.36. The van der Waals surface area contributed by atoms with Crippen LogP contribution in [0.1, 0.15) is 22.3 Å². The molecule has 5 rings (SSSR count). The average molecular weight is 489 g/mol. The molecule has 180 valence electrons. The molecule has 5 aromatic rings. The van der Waals surface area contributed by atoms with Crippen LogP contribution >= 0.6 is 7.92 Å². The number of aromatic hydroxyl groups is 1. The number of phenolic OH excluding ortho intramolecular Hbond substituents is 1. The van der Waals surface area contributed by atoms with Crippen molar-refractivity contribution in [2.45, 2.75) is 27.7 Å². The molecule has 0 fully saturated rings. The van der Waals surface area contributed by atoms with Gasteiger partial charge in [-0.2, -0.15) is 0 Å². The molecule has 1 nitrogen and oxygen atoms in total. The lowest BCUT2D eigenvalue weighted by Crippen LogP contribution is -2.27. The van der Waals surface area contributed by atoms with Crippen LogP contribution in [0.4, 0.5) is 0 Å². The largest absolute Gasteiger partial charge is 0.508 e. The van der Waals surface area contributed by atoms with Crippen molar-refractivity contribution in [3.05, 3.63) is 144 Å². The minimum Gasteiger partial charge on any atom is -0.508 e. The van der Waals surface area contributed by atoms with Gasteiger partial charge in [0.1, 0.15) is 5.75 Å². The van der Waals surface area contributed by atoms with Crippen LogP contribution in [0.15, 0.2) is 121 Å². The molecule has 0 saturated carbocycles. The third-order valence-corrected chi connectivity index (χ3v) is 9.43. The summed E-state index contributed by atoms with van der Waals surface area (Å²) in [5, 5.41) is 13.8. The maximum absolute atomic E-state index is 9.71. The van der Waals surface area contributed by atoms with Gasteiger partial charge in [-0.25, -0.2) is 0 Å². The normalized spacial score (nSPS) is 10.6. The second-order valence-corrected chi connectivity index (χ2v) is 11.1. The van der Waals surface area contributed by atoms with Crippen LogP contribution in [0, 0.1) is 27.7 Å². The molecule has 1 N–H and O–H groups in total. The van der Waals surface area contributed by atoms with E-state index in [0.29, 0.717) is 5.75 Å². The van der Waals surface area contributed by atoms with Crippen LogP contribution in [0.25, 0.3) is 11.1 Å². The summed E-state index contributed by atoms with van der Waals surface area (Å²) in [6.45, 7) is 8.80. The van der Waals surface area contributed by atoms with Crippen molar-refractivity contribution in [1.82, 2.24) is 0 Å². The van der Waals surface area contributed by atoms with Gasteiger partial charge in [0, 0.05) is 0 Å². The van der Waals surface area contributed by atoms with Crippen molar-refractivity contribution in [3.8, 4) is 16.9 Å². The van der Waals surface area contributed by atoms with Crippen molar-refractivity contribution in [2.24, 2.45) is 0 Å². The summed E-state index contributed by atoms with van der Waals surface area (Å²) < 4.78 is 0. The molecule has 36 heavy (non-hydrogen) atoms. The zero-order valence-electron chi connectivity index (χ0n) is 21.4. The summed E-state index contributed by atoms with van der Waals surface area (Å²) in [5.74, 6) is 0.316. The Morgan fingerprint density at radius 1 is 0.417 bits per heavy atom. The van der Waals surface area contributed by atoms with E-state index in [1.807, 2.05) is 12.1 Å². The van der Waals surface area contributed by atoms with Gasteiger partial charge < -0.3 is 5.11 Å². The van der Waals surface area contributed by atoms with E-state index in [2.05, 4.69) is 125 Å². The lowest BCUT2D eigenvalue weighted by molar-refractivity contribution is 0.475. The van der Waals surface area contributed by atoms with Crippen LogP contribution in [-0.4, -0.2) is 5.11 Å². The number of rotatable bonds is 4. The molecule has 5 aromatic carbocycles. The van der Waals surface area contributed by atoms with E-state index in [-0.39, 0.29) is 0 Å². The molecule has 0 amide bonds. The highest BCUT2D eigenvalue weighted by Gasteiger charge is 2.23. The monoisotopic (exact) mass is 488 g/mol. The van der Waals surface area contributed by atoms with Crippen LogP contribution in [-0.2, 0) is 0 Å². The second-order valence-electron chi connectivity index (χ2n) is 9.06. The van der Waals surface area contributed by atoms with Gasteiger partial charge in [0.15, 0.2) is 0 Å². The Morgan fingerprint density at radius 3 is 1.14 bits per heavy atom. The van der Waals surface area contributed by atoms with E-state index in [4.69, 9.17) is 0 Å². The molecule has 0 aliphatic rings. The van der Waals surface area contributed by atoms with Gasteiger partial charge >= 0.3 is 0 Å². The molecule has 0 spiro atoms. The van der Waals surface area contributed by atoms with E-state index in [0.717, 1.165) is 0 Å². The van der Waals surface area contributed by atoms with E-state index < -0.39 is 7.92 Å². The lowest BCUT2D eigenvalue weighted by atomic mass is 10.1. The zero-order valence-corrected chi connectivity index (χ0v) is 22.3. The summed E-state index contributed by atoms with van der Waals surface area (Å²) >= 11 is 0. The van der Waals surface area contributed by atoms with Crippen molar-refractivity contribution < 1.29 is 5.11 Å². The Morgan fingerprint density at radius 2 is 0.778 bits per heavy atom. The fourth-order valence-corrected chi connectivity index (χ4v) is 7.45. The first-order valence-electron chi connectivity index (χ1n) is 12.3. The highest BCUT2D eigenvalue weighted by Crippen LogP contribution is 2.38. The topological polar surface area (TPSA) is 20.2 Å². The fraction of sp³-hybridized carbons (Fsp3) is 0.118. The molecular formula is C34H33OP. The van der Waals surface area contributed by atoms with Crippen molar-refractivity contribution in [1.29, 1.82) is 0 Å². The molecule has 0 unspecified atom stereocenters. The minimum atomic E-state index is -0.653. The standard InChI is InChI=1S/C22H23OP.C12H10/c1-15-7-5-8-16(2)21(15)24(20-13-11-19(23)12-14-20)22-17(3)9-6-10-18(22)4;1-3-7-11(8-4-1)12-9-5-2-6-10-12/h5-14,23H,1-4H3;1-10H. The molecule has 0 saturated heterocycles. The maximum Gasteiger partial charge on any atom is 0.115 e. The van der Waals surface area contributed by atoms with Crippen LogP contribution in [0.5, 0.6) is 5.75 Å². The van der Waals surface area contributed by atoms with Gasteiger partial charge in [0.2, 0.25) is 0 Å². The Balaban J connectivity index is 0.000000211. The zero-order chi connectivity index (χ0) is 25.5. The fourth-order valence-electron chi connectivity index (χ4n) is 4.55. The highest BCUT2D eigenvalue weighted by atomic mass is 31.1. The van der Waals surface area contributed by atoms with Crippen LogP contribution < -0.4 is 15.9 Å². The molecule has 2 heteroatoms. The minimum absolute atomic E-state index is 0.316. The van der Waals surface area contributed by atoms with Gasteiger partial charge in [0.05, 0.1) is 0 Å². The van der Waals surface area contributed by atoms with E-state index in [9.17, 15) is 5.11 Å². The molecule has 0 aliphatic heterocycles. The lowest BCUT2D eigenvalue weighted by Gasteiger charge is -2.26. The first-order chi connectivity index (χ1) is 17.5. The first kappa shape index (κ1) is 25.4. The number of hydrogen-bond acceptors (Lipinski definition) is 1. The summed E-state index contributed by atoms with van der Waals surface area (Å²) in [7, 11) is -0.653. The highest BCUT2D eigenvalue weighted by molar-refractivity contribution is 7.80. The van der Waals surface area contributed by atoms with Gasteiger partial charge in [0.25, 0.3) is 0 Å². The maximum atomic E-state index is 9.71. The quantitative estimate of drug-likeness (QED) is 0.257. The second kappa shape index (κ2) is 11.8. The number of hydrogen-bond donors (Lipinski definition) is 1. The summed E-state index contributed by atoms with van der Waals surface area (Å²) in [6.07, 6.45) is 0. The Hall–Kier alpha value is -3.67. The third kappa shape index (κ3) is 5.93. The summed E-state index contributed by atoms with van der Waals surface area (Å²) in [4.78, 5) is 0. The van der Waals surface area contributed by atoms with Gasteiger partial charge in [-0.05, 0) is 97.0 Å². The van der Waals surface area contributed by atoms with Crippen LogP contribution in [0.2, 0.25) is 0 Å². The van der Waals surface area contributed by atoms with Gasteiger partial charge in [-0.15, -0.1) is 0 Å². The van der Waals surface area contributed by atoms with E-state index >= 15 is 0 Å².